The molecule has 0 radical (unpaired) electrons. The second-order valence-electron chi connectivity index (χ2n) is 6.90. The van der Waals surface area contributed by atoms with Crippen molar-refractivity contribution in [3.8, 4) is 11.3 Å². The Bertz CT molecular complexity index is 1210. The molecule has 0 spiro atoms. The molecule has 4 rings (SSSR count). The Hall–Kier alpha value is -3.74. The summed E-state index contributed by atoms with van der Waals surface area (Å²) >= 11 is 0. The van der Waals surface area contributed by atoms with Crippen LogP contribution in [0, 0.1) is 6.92 Å². The SMILES string of the molecule is Cc1nn(CC(=O)N[C@H](C)c2ccccc2)c(=O)c2cc(-c3ccccc3)nn12. The molecule has 0 saturated carbocycles. The molecular weight excluding hydrogens is 366 g/mol. The molecule has 146 valence electrons. The summed E-state index contributed by atoms with van der Waals surface area (Å²) in [4.78, 5) is 25.4. The van der Waals surface area contributed by atoms with Gasteiger partial charge < -0.3 is 5.32 Å². The van der Waals surface area contributed by atoms with Gasteiger partial charge in [-0.05, 0) is 25.5 Å². The van der Waals surface area contributed by atoms with E-state index in [2.05, 4.69) is 15.5 Å². The third kappa shape index (κ3) is 3.80. The van der Waals surface area contributed by atoms with E-state index in [9.17, 15) is 9.59 Å². The Kier molecular flexibility index (Phi) is 4.95. The lowest BCUT2D eigenvalue weighted by Gasteiger charge is -2.14. The van der Waals surface area contributed by atoms with Crippen molar-refractivity contribution in [1.82, 2.24) is 24.7 Å². The Morgan fingerprint density at radius 3 is 2.38 bits per heavy atom. The monoisotopic (exact) mass is 387 g/mol. The summed E-state index contributed by atoms with van der Waals surface area (Å²) in [7, 11) is 0. The molecule has 0 aliphatic carbocycles. The van der Waals surface area contributed by atoms with E-state index in [1.807, 2.05) is 67.6 Å². The highest BCUT2D eigenvalue weighted by atomic mass is 16.2. The highest BCUT2D eigenvalue weighted by Crippen LogP contribution is 2.18. The van der Waals surface area contributed by atoms with Gasteiger partial charge in [0.25, 0.3) is 5.56 Å². The van der Waals surface area contributed by atoms with Crippen molar-refractivity contribution < 1.29 is 4.79 Å². The van der Waals surface area contributed by atoms with Gasteiger partial charge in [-0.2, -0.15) is 10.2 Å². The summed E-state index contributed by atoms with van der Waals surface area (Å²) in [6.45, 7) is 3.51. The number of benzene rings is 2. The van der Waals surface area contributed by atoms with Crippen LogP contribution < -0.4 is 10.9 Å². The number of aryl methyl sites for hydroxylation is 1. The lowest BCUT2D eigenvalue weighted by molar-refractivity contribution is -0.122. The summed E-state index contributed by atoms with van der Waals surface area (Å²) in [5.41, 5.74) is 2.63. The minimum Gasteiger partial charge on any atom is -0.348 e. The van der Waals surface area contributed by atoms with Crippen LogP contribution in [0.1, 0.15) is 24.4 Å². The minimum atomic E-state index is -0.354. The van der Waals surface area contributed by atoms with Gasteiger partial charge in [-0.25, -0.2) is 9.20 Å². The van der Waals surface area contributed by atoms with Crippen LogP contribution in [-0.2, 0) is 11.3 Å². The zero-order valence-corrected chi connectivity index (χ0v) is 16.2. The van der Waals surface area contributed by atoms with Crippen LogP contribution in [0.4, 0.5) is 0 Å². The average molecular weight is 387 g/mol. The number of hydrogen-bond donors (Lipinski definition) is 1. The molecule has 0 aliphatic heterocycles. The smallest absolute Gasteiger partial charge is 0.293 e. The fourth-order valence-corrected chi connectivity index (χ4v) is 3.28. The number of aromatic nitrogens is 4. The Morgan fingerprint density at radius 1 is 1.03 bits per heavy atom. The number of fused-ring (bicyclic) bond motifs is 1. The van der Waals surface area contributed by atoms with Gasteiger partial charge in [0, 0.05) is 5.56 Å². The van der Waals surface area contributed by atoms with Crippen molar-refractivity contribution in [3.05, 3.63) is 88.5 Å². The predicted octanol–water partition coefficient (Wildman–Crippen LogP) is 2.74. The van der Waals surface area contributed by atoms with Gasteiger partial charge in [0.1, 0.15) is 17.9 Å². The maximum absolute atomic E-state index is 12.9. The van der Waals surface area contributed by atoms with Gasteiger partial charge in [-0.15, -0.1) is 0 Å². The summed E-state index contributed by atoms with van der Waals surface area (Å²) in [6.07, 6.45) is 0. The molecular formula is C22H21N5O2. The molecule has 0 bridgehead atoms. The standard InChI is InChI=1S/C22H21N5O2/c1-15(17-9-5-3-6-10-17)23-21(28)14-26-22(29)20-13-19(18-11-7-4-8-12-18)25-27(20)16(2)24-26/h3-13,15H,14H2,1-2H3,(H,23,28)/t15-/m1/s1. The summed E-state index contributed by atoms with van der Waals surface area (Å²) in [5, 5.41) is 11.7. The first-order valence-electron chi connectivity index (χ1n) is 9.40. The number of nitrogens with zero attached hydrogens (tertiary/aromatic N) is 4. The molecule has 7 nitrogen and oxygen atoms in total. The number of carbonyl (C=O) groups excluding carboxylic acids is 1. The molecule has 0 aliphatic rings. The zero-order valence-electron chi connectivity index (χ0n) is 16.2. The maximum Gasteiger partial charge on any atom is 0.293 e. The molecule has 1 atom stereocenters. The molecule has 0 saturated heterocycles. The first kappa shape index (κ1) is 18.6. The van der Waals surface area contributed by atoms with Gasteiger partial charge >= 0.3 is 0 Å². The van der Waals surface area contributed by atoms with Gasteiger partial charge in [0.2, 0.25) is 5.91 Å². The molecule has 29 heavy (non-hydrogen) atoms. The van der Waals surface area contributed by atoms with E-state index in [1.54, 1.807) is 13.0 Å². The first-order chi connectivity index (χ1) is 14.0. The average Bonchev–Trinajstić information content (AvgIpc) is 3.19. The molecule has 0 fully saturated rings. The number of hydrogen-bond acceptors (Lipinski definition) is 4. The fourth-order valence-electron chi connectivity index (χ4n) is 3.28. The number of rotatable bonds is 5. The van der Waals surface area contributed by atoms with Crippen LogP contribution in [0.2, 0.25) is 0 Å². The van der Waals surface area contributed by atoms with Crippen molar-refractivity contribution >= 4 is 11.4 Å². The van der Waals surface area contributed by atoms with E-state index in [4.69, 9.17) is 0 Å². The van der Waals surface area contributed by atoms with Gasteiger partial charge in [-0.1, -0.05) is 60.7 Å². The van der Waals surface area contributed by atoms with Crippen LogP contribution in [0.15, 0.2) is 71.5 Å². The second-order valence-corrected chi connectivity index (χ2v) is 6.90. The van der Waals surface area contributed by atoms with Crippen LogP contribution in [-0.4, -0.2) is 25.3 Å². The van der Waals surface area contributed by atoms with Crippen LogP contribution in [0.25, 0.3) is 16.8 Å². The molecule has 4 aromatic rings. The molecule has 0 unspecified atom stereocenters. The number of nitrogens with one attached hydrogen (secondary N) is 1. The lowest BCUT2D eigenvalue weighted by atomic mass is 10.1. The van der Waals surface area contributed by atoms with Crippen molar-refractivity contribution in [1.29, 1.82) is 0 Å². The van der Waals surface area contributed by atoms with E-state index in [0.29, 0.717) is 17.0 Å². The minimum absolute atomic E-state index is 0.154. The van der Waals surface area contributed by atoms with Crippen molar-refractivity contribution in [2.45, 2.75) is 26.4 Å². The van der Waals surface area contributed by atoms with E-state index in [1.165, 1.54) is 9.20 Å². The van der Waals surface area contributed by atoms with E-state index in [-0.39, 0.29) is 24.1 Å². The van der Waals surface area contributed by atoms with Gasteiger partial charge in [-0.3, -0.25) is 9.59 Å². The number of carbonyl (C=O) groups is 1. The predicted molar refractivity (Wildman–Crippen MR) is 110 cm³/mol. The summed E-state index contributed by atoms with van der Waals surface area (Å²) in [5.74, 6) is 0.258. The normalized spacial score (nSPS) is 12.1. The largest absolute Gasteiger partial charge is 0.348 e. The van der Waals surface area contributed by atoms with E-state index < -0.39 is 0 Å². The van der Waals surface area contributed by atoms with Crippen LogP contribution >= 0.6 is 0 Å². The summed E-state index contributed by atoms with van der Waals surface area (Å²) < 4.78 is 2.71. The third-order valence-corrected chi connectivity index (χ3v) is 4.77. The van der Waals surface area contributed by atoms with E-state index >= 15 is 0 Å². The molecule has 2 aromatic carbocycles. The number of amides is 1. The van der Waals surface area contributed by atoms with Gasteiger partial charge in [0.15, 0.2) is 0 Å². The highest BCUT2D eigenvalue weighted by Gasteiger charge is 2.16. The van der Waals surface area contributed by atoms with Crippen LogP contribution in [0.5, 0.6) is 0 Å². The molecule has 2 heterocycles. The van der Waals surface area contributed by atoms with Crippen molar-refractivity contribution in [2.24, 2.45) is 0 Å². The third-order valence-electron chi connectivity index (χ3n) is 4.77. The zero-order chi connectivity index (χ0) is 20.4. The topological polar surface area (TPSA) is 81.3 Å². The quantitative estimate of drug-likeness (QED) is 0.571. The molecule has 7 heteroatoms. The highest BCUT2D eigenvalue weighted by molar-refractivity contribution is 5.76. The van der Waals surface area contributed by atoms with Crippen LogP contribution in [0.3, 0.4) is 0 Å². The summed E-state index contributed by atoms with van der Waals surface area (Å²) in [6, 6.07) is 20.9. The lowest BCUT2D eigenvalue weighted by Crippen LogP contribution is -2.36. The fraction of sp³-hybridized carbons (Fsp3) is 0.182. The molecule has 1 amide bonds. The van der Waals surface area contributed by atoms with Crippen molar-refractivity contribution in [2.75, 3.05) is 0 Å². The Balaban J connectivity index is 1.60. The maximum atomic E-state index is 12.9. The molecule has 2 aromatic heterocycles. The first-order valence-corrected chi connectivity index (χ1v) is 9.40. The van der Waals surface area contributed by atoms with Gasteiger partial charge in [0.05, 0.1) is 11.7 Å². The Morgan fingerprint density at radius 2 is 1.69 bits per heavy atom. The van der Waals surface area contributed by atoms with Crippen molar-refractivity contribution in [3.63, 3.8) is 0 Å². The Labute approximate surface area is 167 Å². The van der Waals surface area contributed by atoms with E-state index in [0.717, 1.165) is 11.1 Å². The second kappa shape index (κ2) is 7.71. The molecule has 1 N–H and O–H groups in total.